The molecule has 0 aromatic heterocycles. The zero-order valence-corrected chi connectivity index (χ0v) is 13.0. The van der Waals surface area contributed by atoms with Gasteiger partial charge in [-0.2, -0.15) is 0 Å². The van der Waals surface area contributed by atoms with Crippen molar-refractivity contribution in [1.29, 1.82) is 0 Å². The molecule has 2 aliphatic heterocycles. The van der Waals surface area contributed by atoms with Crippen LogP contribution in [0.15, 0.2) is 29.3 Å². The molecule has 0 saturated carbocycles. The lowest BCUT2D eigenvalue weighted by Gasteiger charge is -2.29. The summed E-state index contributed by atoms with van der Waals surface area (Å²) in [6, 6.07) is 8.38. The maximum atomic E-state index is 5.43. The third kappa shape index (κ3) is 2.83. The Kier molecular flexibility index (Phi) is 3.81. The topological polar surface area (TPSA) is 33.6 Å². The number of nitrogens with one attached hydrogen (secondary N) is 1. The van der Waals surface area contributed by atoms with E-state index in [0.717, 1.165) is 42.7 Å². The highest BCUT2D eigenvalue weighted by atomic mass is 127. The fourth-order valence-electron chi connectivity index (χ4n) is 2.24. The standard InChI is InChI=1S/C13H15IN2OS/c14-10-2-1-3-11(8-10)15-12-16-13(9-18-12)4-6-17-7-5-13/h1-3,8H,4-7,9H2,(H,15,16). The van der Waals surface area contributed by atoms with Gasteiger partial charge in [-0.1, -0.05) is 17.8 Å². The second-order valence-corrected chi connectivity index (χ2v) is 6.89. The third-order valence-electron chi connectivity index (χ3n) is 3.32. The zero-order chi connectivity index (χ0) is 12.4. The molecule has 2 heterocycles. The number of hydrogen-bond acceptors (Lipinski definition) is 4. The molecule has 1 fully saturated rings. The smallest absolute Gasteiger partial charge is 0.161 e. The van der Waals surface area contributed by atoms with Crippen LogP contribution in [-0.4, -0.2) is 29.7 Å². The summed E-state index contributed by atoms with van der Waals surface area (Å²) in [6.07, 6.45) is 2.11. The number of anilines is 1. The Morgan fingerprint density at radius 3 is 2.94 bits per heavy atom. The summed E-state index contributed by atoms with van der Waals surface area (Å²) in [5, 5.41) is 4.48. The monoisotopic (exact) mass is 374 g/mol. The normalized spacial score (nSPS) is 21.9. The number of aliphatic imine (C=N–C) groups is 1. The fraction of sp³-hybridized carbons (Fsp3) is 0.462. The van der Waals surface area contributed by atoms with Crippen LogP contribution < -0.4 is 5.32 Å². The highest BCUT2D eigenvalue weighted by Crippen LogP contribution is 2.36. The van der Waals surface area contributed by atoms with Gasteiger partial charge in [0, 0.05) is 28.2 Å². The molecule has 2 aliphatic rings. The second-order valence-electron chi connectivity index (χ2n) is 4.68. The van der Waals surface area contributed by atoms with Crippen molar-refractivity contribution >= 4 is 45.2 Å². The van der Waals surface area contributed by atoms with Crippen molar-refractivity contribution in [3.05, 3.63) is 27.8 Å². The van der Waals surface area contributed by atoms with Gasteiger partial charge in [0.1, 0.15) is 0 Å². The summed E-state index contributed by atoms with van der Waals surface area (Å²) in [5.74, 6) is 1.09. The number of thioether (sulfide) groups is 1. The molecule has 3 nitrogen and oxygen atoms in total. The van der Waals surface area contributed by atoms with E-state index < -0.39 is 0 Å². The van der Waals surface area contributed by atoms with Crippen molar-refractivity contribution in [2.75, 3.05) is 24.3 Å². The first kappa shape index (κ1) is 12.7. The Morgan fingerprint density at radius 1 is 1.33 bits per heavy atom. The minimum absolute atomic E-state index is 0.132. The molecule has 3 rings (SSSR count). The molecule has 5 heteroatoms. The van der Waals surface area contributed by atoms with E-state index in [1.807, 2.05) is 11.8 Å². The van der Waals surface area contributed by atoms with Crippen LogP contribution in [0.5, 0.6) is 0 Å². The van der Waals surface area contributed by atoms with Gasteiger partial charge in [-0.05, 0) is 53.6 Å². The summed E-state index contributed by atoms with van der Waals surface area (Å²) >= 11 is 4.15. The number of ether oxygens (including phenoxy) is 1. The number of amidine groups is 1. The molecule has 1 N–H and O–H groups in total. The van der Waals surface area contributed by atoms with Crippen LogP contribution in [-0.2, 0) is 4.74 Å². The first-order chi connectivity index (χ1) is 8.76. The minimum atomic E-state index is 0.132. The zero-order valence-electron chi connectivity index (χ0n) is 9.99. The molecule has 0 atom stereocenters. The molecule has 96 valence electrons. The van der Waals surface area contributed by atoms with Crippen molar-refractivity contribution in [3.63, 3.8) is 0 Å². The van der Waals surface area contributed by atoms with Crippen LogP contribution in [0, 0.1) is 3.57 Å². The summed E-state index contributed by atoms with van der Waals surface area (Å²) < 4.78 is 6.66. The fourth-order valence-corrected chi connectivity index (χ4v) is 3.99. The molecule has 0 aliphatic carbocycles. The lowest BCUT2D eigenvalue weighted by molar-refractivity contribution is 0.0624. The first-order valence-corrected chi connectivity index (χ1v) is 8.15. The van der Waals surface area contributed by atoms with E-state index in [4.69, 9.17) is 9.73 Å². The lowest BCUT2D eigenvalue weighted by Crippen LogP contribution is -2.34. The quantitative estimate of drug-likeness (QED) is 0.766. The third-order valence-corrected chi connectivity index (χ3v) is 5.14. The maximum Gasteiger partial charge on any atom is 0.161 e. The first-order valence-electron chi connectivity index (χ1n) is 6.09. The van der Waals surface area contributed by atoms with Crippen LogP contribution >= 0.6 is 34.4 Å². The Labute approximate surface area is 125 Å². The van der Waals surface area contributed by atoms with Gasteiger partial charge in [0.2, 0.25) is 0 Å². The summed E-state index contributed by atoms with van der Waals surface area (Å²) in [6.45, 7) is 1.70. The van der Waals surface area contributed by atoms with E-state index in [1.165, 1.54) is 3.57 Å². The Hall–Kier alpha value is -0.270. The molecule has 1 spiro atoms. The molecule has 0 radical (unpaired) electrons. The molecule has 1 aromatic rings. The highest BCUT2D eigenvalue weighted by molar-refractivity contribution is 14.1. The Balaban J connectivity index is 1.72. The highest BCUT2D eigenvalue weighted by Gasteiger charge is 2.37. The average molecular weight is 374 g/mol. The van der Waals surface area contributed by atoms with Crippen molar-refractivity contribution < 1.29 is 4.74 Å². The number of halogens is 1. The van der Waals surface area contributed by atoms with Crippen LogP contribution in [0.1, 0.15) is 12.8 Å². The summed E-state index contributed by atoms with van der Waals surface area (Å²) in [4.78, 5) is 4.89. The van der Waals surface area contributed by atoms with E-state index in [-0.39, 0.29) is 5.54 Å². The molecule has 1 aromatic carbocycles. The molecule has 0 bridgehead atoms. The van der Waals surface area contributed by atoms with Crippen LogP contribution in [0.3, 0.4) is 0 Å². The van der Waals surface area contributed by atoms with Crippen molar-refractivity contribution in [3.8, 4) is 0 Å². The van der Waals surface area contributed by atoms with Crippen molar-refractivity contribution in [2.45, 2.75) is 18.4 Å². The van der Waals surface area contributed by atoms with E-state index in [0.29, 0.717) is 0 Å². The molecule has 0 amide bonds. The minimum Gasteiger partial charge on any atom is -0.381 e. The largest absolute Gasteiger partial charge is 0.381 e. The summed E-state index contributed by atoms with van der Waals surface area (Å²) in [5.41, 5.74) is 1.25. The molecular formula is C13H15IN2OS. The predicted octanol–water partition coefficient (Wildman–Crippen LogP) is 3.36. The summed E-state index contributed by atoms with van der Waals surface area (Å²) in [7, 11) is 0. The molecule has 18 heavy (non-hydrogen) atoms. The lowest BCUT2D eigenvalue weighted by atomic mass is 9.93. The van der Waals surface area contributed by atoms with E-state index in [9.17, 15) is 0 Å². The van der Waals surface area contributed by atoms with E-state index in [1.54, 1.807) is 0 Å². The molecular weight excluding hydrogens is 359 g/mol. The number of benzene rings is 1. The average Bonchev–Trinajstić information content (AvgIpc) is 2.73. The maximum absolute atomic E-state index is 5.43. The molecule has 0 unspecified atom stereocenters. The van der Waals surface area contributed by atoms with Crippen LogP contribution in [0.2, 0.25) is 0 Å². The number of rotatable bonds is 1. The van der Waals surface area contributed by atoms with Gasteiger partial charge in [0.15, 0.2) is 5.17 Å². The van der Waals surface area contributed by atoms with Crippen molar-refractivity contribution in [1.82, 2.24) is 0 Å². The van der Waals surface area contributed by atoms with Gasteiger partial charge >= 0.3 is 0 Å². The number of nitrogens with zero attached hydrogens (tertiary/aromatic N) is 1. The van der Waals surface area contributed by atoms with Gasteiger partial charge in [-0.25, -0.2) is 0 Å². The van der Waals surface area contributed by atoms with Gasteiger partial charge in [-0.3, -0.25) is 4.99 Å². The predicted molar refractivity (Wildman–Crippen MR) is 85.5 cm³/mol. The van der Waals surface area contributed by atoms with Gasteiger partial charge in [0.05, 0.1) is 5.54 Å². The van der Waals surface area contributed by atoms with Crippen molar-refractivity contribution in [2.24, 2.45) is 4.99 Å². The van der Waals surface area contributed by atoms with Gasteiger partial charge < -0.3 is 10.1 Å². The van der Waals surface area contributed by atoms with Gasteiger partial charge in [-0.15, -0.1) is 0 Å². The second kappa shape index (κ2) is 5.38. The molecule has 1 saturated heterocycles. The van der Waals surface area contributed by atoms with Gasteiger partial charge in [0.25, 0.3) is 0 Å². The SMILES string of the molecule is Ic1cccc(NC2=NC3(CCOCC3)CS2)c1. The Bertz CT molecular complexity index is 472. The van der Waals surface area contributed by atoms with E-state index in [2.05, 4.69) is 52.2 Å². The number of hydrogen-bond donors (Lipinski definition) is 1. The van der Waals surface area contributed by atoms with E-state index >= 15 is 0 Å². The Morgan fingerprint density at radius 2 is 2.17 bits per heavy atom. The van der Waals surface area contributed by atoms with Crippen LogP contribution in [0.4, 0.5) is 5.69 Å². The van der Waals surface area contributed by atoms with Crippen LogP contribution in [0.25, 0.3) is 0 Å².